The fraction of sp³-hybridized carbons (Fsp3) is 0.208. The number of fused-ring (bicyclic) bond motifs is 3. The molecule has 128 valence electrons. The molecule has 2 nitrogen and oxygen atoms in total. The van der Waals surface area contributed by atoms with Crippen molar-refractivity contribution in [3.63, 3.8) is 0 Å². The molecular formula is C24H22NO+. The summed E-state index contributed by atoms with van der Waals surface area (Å²) in [5.41, 5.74) is 6.31. The summed E-state index contributed by atoms with van der Waals surface area (Å²) in [6, 6.07) is 19.4. The van der Waals surface area contributed by atoms with Gasteiger partial charge in [0.1, 0.15) is 12.8 Å². The number of para-hydroxylation sites is 1. The summed E-state index contributed by atoms with van der Waals surface area (Å²) in [4.78, 5) is 0. The summed E-state index contributed by atoms with van der Waals surface area (Å²) >= 11 is 0. The quantitative estimate of drug-likeness (QED) is 0.340. The lowest BCUT2D eigenvalue weighted by molar-refractivity contribution is -0.633. The maximum absolute atomic E-state index is 6.57. The lowest BCUT2D eigenvalue weighted by Crippen LogP contribution is -2.34. The van der Waals surface area contributed by atoms with Gasteiger partial charge in [0.05, 0.1) is 10.9 Å². The van der Waals surface area contributed by atoms with E-state index in [4.69, 9.17) is 4.74 Å². The minimum atomic E-state index is 0.375. The molecule has 1 aliphatic rings. The van der Waals surface area contributed by atoms with Gasteiger partial charge in [-0.25, -0.2) is 0 Å². The van der Waals surface area contributed by atoms with Crippen LogP contribution in [0, 0.1) is 6.92 Å². The molecule has 3 aromatic carbocycles. The van der Waals surface area contributed by atoms with Crippen LogP contribution in [-0.4, -0.2) is 0 Å². The summed E-state index contributed by atoms with van der Waals surface area (Å²) in [6.45, 7) is 6.70. The predicted octanol–water partition coefficient (Wildman–Crippen LogP) is 6.02. The molecule has 5 rings (SSSR count). The fourth-order valence-electron chi connectivity index (χ4n) is 4.42. The zero-order chi connectivity index (χ0) is 18.0. The molecular weight excluding hydrogens is 318 g/mol. The number of aromatic nitrogens is 1. The first-order valence-electron chi connectivity index (χ1n) is 9.23. The average molecular weight is 340 g/mol. The molecule has 1 aliphatic heterocycles. The highest BCUT2D eigenvalue weighted by Crippen LogP contribution is 2.50. The van der Waals surface area contributed by atoms with Crippen LogP contribution in [0.3, 0.4) is 0 Å². The van der Waals surface area contributed by atoms with Crippen molar-refractivity contribution in [3.8, 4) is 22.8 Å². The standard InChI is InChI=1S/C24H22NO/c1-14(2)20-17-9-5-6-10-18(17)25(4)23-21-15(3)12-13-16-8-7-11-19(22(16)21)26-24(20)23/h5-14H,1-4H3/q+1. The fourth-order valence-corrected chi connectivity index (χ4v) is 4.42. The van der Waals surface area contributed by atoms with Crippen molar-refractivity contribution in [2.75, 3.05) is 0 Å². The molecule has 0 saturated heterocycles. The molecule has 0 spiro atoms. The molecule has 0 aliphatic carbocycles. The molecule has 2 heteroatoms. The molecule has 4 aromatic rings. The van der Waals surface area contributed by atoms with Crippen molar-refractivity contribution >= 4 is 21.7 Å². The van der Waals surface area contributed by atoms with Crippen LogP contribution in [0.25, 0.3) is 32.9 Å². The lowest BCUT2D eigenvalue weighted by atomic mass is 9.89. The third-order valence-electron chi connectivity index (χ3n) is 5.59. The maximum atomic E-state index is 6.57. The Balaban J connectivity index is 2.05. The number of ether oxygens (including phenoxy) is 1. The van der Waals surface area contributed by atoms with Gasteiger partial charge in [-0.1, -0.05) is 50.2 Å². The van der Waals surface area contributed by atoms with Gasteiger partial charge in [-0.15, -0.1) is 0 Å². The molecule has 0 saturated carbocycles. The highest BCUT2D eigenvalue weighted by atomic mass is 16.5. The number of nitrogens with zero attached hydrogens (tertiary/aromatic N) is 1. The molecule has 0 radical (unpaired) electrons. The monoisotopic (exact) mass is 340 g/mol. The second-order valence-electron chi connectivity index (χ2n) is 7.54. The molecule has 0 fully saturated rings. The number of hydrogen-bond acceptors (Lipinski definition) is 1. The largest absolute Gasteiger partial charge is 0.449 e. The van der Waals surface area contributed by atoms with Crippen molar-refractivity contribution in [1.82, 2.24) is 0 Å². The number of pyridine rings is 1. The van der Waals surface area contributed by atoms with Crippen LogP contribution in [0.15, 0.2) is 54.6 Å². The summed E-state index contributed by atoms with van der Waals surface area (Å²) < 4.78 is 8.86. The van der Waals surface area contributed by atoms with Gasteiger partial charge in [0, 0.05) is 17.0 Å². The summed E-state index contributed by atoms with van der Waals surface area (Å²) in [7, 11) is 2.15. The van der Waals surface area contributed by atoms with Crippen LogP contribution in [0.5, 0.6) is 11.5 Å². The van der Waals surface area contributed by atoms with Gasteiger partial charge in [-0.2, -0.15) is 4.57 Å². The molecule has 2 heterocycles. The molecule has 26 heavy (non-hydrogen) atoms. The molecule has 0 atom stereocenters. The van der Waals surface area contributed by atoms with Crippen molar-refractivity contribution in [2.45, 2.75) is 26.7 Å². The van der Waals surface area contributed by atoms with Crippen molar-refractivity contribution in [2.24, 2.45) is 7.05 Å². The number of aryl methyl sites for hydroxylation is 2. The van der Waals surface area contributed by atoms with Crippen molar-refractivity contribution in [3.05, 3.63) is 65.7 Å². The van der Waals surface area contributed by atoms with E-state index in [9.17, 15) is 0 Å². The van der Waals surface area contributed by atoms with E-state index in [1.54, 1.807) is 0 Å². The van der Waals surface area contributed by atoms with E-state index in [1.165, 1.54) is 44.1 Å². The first-order valence-corrected chi connectivity index (χ1v) is 9.23. The van der Waals surface area contributed by atoms with E-state index in [2.05, 4.69) is 87.0 Å². The minimum absolute atomic E-state index is 0.375. The highest BCUT2D eigenvalue weighted by molar-refractivity contribution is 6.05. The Bertz CT molecular complexity index is 1200. The zero-order valence-electron chi connectivity index (χ0n) is 15.6. The van der Waals surface area contributed by atoms with E-state index < -0.39 is 0 Å². The van der Waals surface area contributed by atoms with E-state index in [1.807, 2.05) is 0 Å². The van der Waals surface area contributed by atoms with Gasteiger partial charge >= 0.3 is 0 Å². The number of benzene rings is 3. The van der Waals surface area contributed by atoms with Gasteiger partial charge < -0.3 is 4.74 Å². The number of hydrogen-bond donors (Lipinski definition) is 0. The van der Waals surface area contributed by atoms with Crippen LogP contribution in [-0.2, 0) is 7.05 Å². The summed E-state index contributed by atoms with van der Waals surface area (Å²) in [6.07, 6.45) is 0. The molecule has 1 aromatic heterocycles. The number of rotatable bonds is 1. The van der Waals surface area contributed by atoms with Crippen LogP contribution >= 0.6 is 0 Å². The van der Waals surface area contributed by atoms with E-state index in [-0.39, 0.29) is 0 Å². The first-order chi connectivity index (χ1) is 12.6. The Morgan fingerprint density at radius 3 is 2.54 bits per heavy atom. The second-order valence-corrected chi connectivity index (χ2v) is 7.54. The predicted molar refractivity (Wildman–Crippen MR) is 107 cm³/mol. The van der Waals surface area contributed by atoms with Crippen LogP contribution in [0.1, 0.15) is 30.9 Å². The third-order valence-corrected chi connectivity index (χ3v) is 5.59. The normalized spacial score (nSPS) is 12.5. The Labute approximate surface area is 153 Å². The van der Waals surface area contributed by atoms with Crippen molar-refractivity contribution < 1.29 is 9.30 Å². The summed E-state index contributed by atoms with van der Waals surface area (Å²) in [5.74, 6) is 2.35. The zero-order valence-corrected chi connectivity index (χ0v) is 15.6. The Morgan fingerprint density at radius 2 is 1.73 bits per heavy atom. The topological polar surface area (TPSA) is 13.1 Å². The Kier molecular flexibility index (Phi) is 3.14. The molecule has 0 bridgehead atoms. The maximum Gasteiger partial charge on any atom is 0.257 e. The van der Waals surface area contributed by atoms with Gasteiger partial charge in [-0.05, 0) is 35.9 Å². The minimum Gasteiger partial charge on any atom is -0.449 e. The second kappa shape index (κ2) is 5.31. The van der Waals surface area contributed by atoms with Crippen LogP contribution in [0.4, 0.5) is 0 Å². The van der Waals surface area contributed by atoms with Gasteiger partial charge in [0.25, 0.3) is 5.69 Å². The molecule has 0 N–H and O–H groups in total. The van der Waals surface area contributed by atoms with Crippen molar-refractivity contribution in [1.29, 1.82) is 0 Å². The van der Waals surface area contributed by atoms with Gasteiger partial charge in [-0.3, -0.25) is 0 Å². The summed E-state index contributed by atoms with van der Waals surface area (Å²) in [5, 5.41) is 3.72. The third kappa shape index (κ3) is 1.90. The molecule has 0 amide bonds. The van der Waals surface area contributed by atoms with Gasteiger partial charge in [0.15, 0.2) is 0 Å². The van der Waals surface area contributed by atoms with E-state index in [0.29, 0.717) is 5.92 Å². The van der Waals surface area contributed by atoms with Crippen LogP contribution in [0.2, 0.25) is 0 Å². The Morgan fingerprint density at radius 1 is 0.923 bits per heavy atom. The SMILES string of the molecule is Cc1ccc2cccc3c2c1-c1c(c(C(C)C)c2ccccc2[n+]1C)O3. The average Bonchev–Trinajstić information content (AvgIpc) is 2.64. The molecule has 0 unspecified atom stereocenters. The van der Waals surface area contributed by atoms with Crippen LogP contribution < -0.4 is 9.30 Å². The lowest BCUT2D eigenvalue weighted by Gasteiger charge is -2.24. The first kappa shape index (κ1) is 15.4. The van der Waals surface area contributed by atoms with E-state index >= 15 is 0 Å². The van der Waals surface area contributed by atoms with Gasteiger partial charge in [0.2, 0.25) is 11.3 Å². The van der Waals surface area contributed by atoms with E-state index in [0.717, 1.165) is 11.5 Å². The highest BCUT2D eigenvalue weighted by Gasteiger charge is 2.34. The Hall–Kier alpha value is -2.87. The smallest absolute Gasteiger partial charge is 0.257 e.